The van der Waals surface area contributed by atoms with E-state index in [4.69, 9.17) is 9.05 Å². The van der Waals surface area contributed by atoms with Crippen molar-refractivity contribution in [3.63, 3.8) is 0 Å². The molecule has 1 unspecified atom stereocenters. The first kappa shape index (κ1) is 17.0. The van der Waals surface area contributed by atoms with Crippen LogP contribution in [-0.2, 0) is 20.0 Å². The van der Waals surface area contributed by atoms with Crippen LogP contribution in [0, 0.1) is 17.5 Å². The quantitative estimate of drug-likeness (QED) is 0.607. The molecule has 0 N–H and O–H groups in total. The summed E-state index contributed by atoms with van der Waals surface area (Å²) in [7, 11) is -3.35. The van der Waals surface area contributed by atoms with E-state index >= 15 is 0 Å². The number of aryl methyl sites for hydroxylation is 1. The van der Waals surface area contributed by atoms with E-state index in [0.29, 0.717) is 6.42 Å². The lowest BCUT2D eigenvalue weighted by Crippen LogP contribution is -2.22. The minimum Gasteiger partial charge on any atom is -0.300 e. The Balaban J connectivity index is 2.06. The number of benzene rings is 1. The first-order valence-electron chi connectivity index (χ1n) is 7.61. The largest absolute Gasteiger partial charge is 0.405 e. The molecule has 1 aliphatic rings. The second-order valence-corrected chi connectivity index (χ2v) is 6.82. The van der Waals surface area contributed by atoms with Gasteiger partial charge in [-0.25, -0.2) is 4.57 Å². The monoisotopic (exact) mass is 320 g/mol. The predicted octanol–water partition coefficient (Wildman–Crippen LogP) is 4.05. The molecule has 1 atom stereocenters. The minimum atomic E-state index is -3.35. The van der Waals surface area contributed by atoms with Gasteiger partial charge in [0.2, 0.25) is 0 Å². The van der Waals surface area contributed by atoms with Crippen molar-refractivity contribution >= 4 is 13.4 Å². The third-order valence-electron chi connectivity index (χ3n) is 3.58. The molecule has 0 spiro atoms. The molecule has 0 saturated carbocycles. The Kier molecular flexibility index (Phi) is 5.97. The highest BCUT2D eigenvalue weighted by atomic mass is 31.2. The van der Waals surface area contributed by atoms with Gasteiger partial charge in [0.05, 0.1) is 13.2 Å². The van der Waals surface area contributed by atoms with Gasteiger partial charge in [0.1, 0.15) is 0 Å². The van der Waals surface area contributed by atoms with E-state index < -0.39 is 7.60 Å². The van der Waals surface area contributed by atoms with Crippen LogP contribution in [0.25, 0.3) is 0 Å². The molecule has 1 aromatic rings. The number of carbonyl (C=O) groups excluding carboxylic acids is 1. The van der Waals surface area contributed by atoms with Crippen molar-refractivity contribution in [2.45, 2.75) is 33.1 Å². The Bertz CT molecular complexity index is 632. The lowest BCUT2D eigenvalue weighted by Gasteiger charge is -2.21. The number of hydrogen-bond acceptors (Lipinski definition) is 4. The van der Waals surface area contributed by atoms with Gasteiger partial charge >= 0.3 is 7.60 Å². The molecule has 0 bridgehead atoms. The van der Waals surface area contributed by atoms with Crippen LogP contribution in [0.1, 0.15) is 42.6 Å². The van der Waals surface area contributed by atoms with Crippen LogP contribution in [0.5, 0.6) is 0 Å². The van der Waals surface area contributed by atoms with Gasteiger partial charge in [-0.15, -0.1) is 0 Å². The zero-order valence-corrected chi connectivity index (χ0v) is 13.9. The Morgan fingerprint density at radius 2 is 1.91 bits per heavy atom. The third-order valence-corrected chi connectivity index (χ3v) is 5.21. The van der Waals surface area contributed by atoms with Gasteiger partial charge in [-0.3, -0.25) is 13.8 Å². The van der Waals surface area contributed by atoms with Gasteiger partial charge in [-0.05, 0) is 32.3 Å². The third kappa shape index (κ3) is 4.08. The van der Waals surface area contributed by atoms with Gasteiger partial charge in [0.15, 0.2) is 5.78 Å². The Morgan fingerprint density at radius 1 is 1.23 bits per heavy atom. The highest BCUT2D eigenvalue weighted by Crippen LogP contribution is 2.46. The van der Waals surface area contributed by atoms with E-state index in [-0.39, 0.29) is 24.9 Å². The van der Waals surface area contributed by atoms with E-state index in [1.165, 1.54) is 0 Å². The fraction of sp³-hybridized carbons (Fsp3) is 0.471. The second-order valence-electron chi connectivity index (χ2n) is 5.08. The molecule has 1 aliphatic carbocycles. The zero-order valence-electron chi connectivity index (χ0n) is 13.0. The topological polar surface area (TPSA) is 52.6 Å². The van der Waals surface area contributed by atoms with Crippen molar-refractivity contribution in [1.82, 2.24) is 0 Å². The van der Waals surface area contributed by atoms with Gasteiger partial charge in [-0.1, -0.05) is 30.2 Å². The van der Waals surface area contributed by atoms with Crippen molar-refractivity contribution in [2.24, 2.45) is 5.92 Å². The van der Waals surface area contributed by atoms with Crippen LogP contribution in [0.4, 0.5) is 0 Å². The molecule has 22 heavy (non-hydrogen) atoms. The van der Waals surface area contributed by atoms with Crippen LogP contribution in [0.15, 0.2) is 24.3 Å². The summed E-state index contributed by atoms with van der Waals surface area (Å²) >= 11 is 0. The lowest BCUT2D eigenvalue weighted by molar-refractivity contribution is 0.0904. The van der Waals surface area contributed by atoms with Gasteiger partial charge < -0.3 is 0 Å². The first-order valence-corrected chi connectivity index (χ1v) is 9.15. The Labute approximate surface area is 131 Å². The first-order chi connectivity index (χ1) is 10.6. The van der Waals surface area contributed by atoms with E-state index in [9.17, 15) is 9.36 Å². The molecule has 2 rings (SSSR count). The van der Waals surface area contributed by atoms with E-state index in [1.54, 1.807) is 13.8 Å². The number of Topliss-reactive ketones (excluding diaryl/α,β-unsaturated/α-hetero) is 1. The van der Waals surface area contributed by atoms with Crippen molar-refractivity contribution < 1.29 is 18.4 Å². The molecule has 0 radical (unpaired) electrons. The zero-order chi connectivity index (χ0) is 16.0. The molecular weight excluding hydrogens is 299 g/mol. The smallest absolute Gasteiger partial charge is 0.300 e. The molecule has 0 aromatic heterocycles. The Morgan fingerprint density at radius 3 is 2.59 bits per heavy atom. The Hall–Kier alpha value is -1.40. The molecular formula is C17H21O4P. The maximum absolute atomic E-state index is 12.4. The molecule has 0 saturated heterocycles. The van der Waals surface area contributed by atoms with Crippen LogP contribution in [-0.4, -0.2) is 19.0 Å². The highest BCUT2D eigenvalue weighted by molar-refractivity contribution is 7.59. The number of carbonyl (C=O) groups is 1. The van der Waals surface area contributed by atoms with Crippen molar-refractivity contribution in [3.8, 4) is 11.6 Å². The fourth-order valence-corrected chi connectivity index (χ4v) is 3.73. The van der Waals surface area contributed by atoms with Gasteiger partial charge in [0, 0.05) is 23.6 Å². The molecule has 0 heterocycles. The molecule has 4 nitrogen and oxygen atoms in total. The standard InChI is InChI=1S/C17H21O4P/c1-3-20-22(19,21-4-2)13-7-9-15-12-11-14-8-5-6-10-16(14)17(15)18/h5-6,8,10,15H,3-4,9,11-12H2,1-2H3. The number of fused-ring (bicyclic) bond motifs is 1. The normalized spacial score (nSPS) is 17.5. The number of rotatable bonds is 5. The predicted molar refractivity (Wildman–Crippen MR) is 85.8 cm³/mol. The molecule has 0 aliphatic heterocycles. The average Bonchev–Trinajstić information content (AvgIpc) is 2.50. The fourth-order valence-electron chi connectivity index (χ4n) is 2.56. The van der Waals surface area contributed by atoms with Crippen LogP contribution in [0.3, 0.4) is 0 Å². The van der Waals surface area contributed by atoms with E-state index in [2.05, 4.69) is 11.6 Å². The summed E-state index contributed by atoms with van der Waals surface area (Å²) in [5.74, 6) is 2.83. The van der Waals surface area contributed by atoms with Crippen LogP contribution >= 0.6 is 7.60 Å². The molecule has 1 aromatic carbocycles. The molecule has 0 amide bonds. The lowest BCUT2D eigenvalue weighted by atomic mass is 9.81. The number of hydrogen-bond donors (Lipinski definition) is 0. The second kappa shape index (κ2) is 7.74. The maximum Gasteiger partial charge on any atom is 0.405 e. The van der Waals surface area contributed by atoms with E-state index in [1.807, 2.05) is 24.3 Å². The summed E-state index contributed by atoms with van der Waals surface area (Å²) in [5.41, 5.74) is 4.49. The summed E-state index contributed by atoms with van der Waals surface area (Å²) in [6, 6.07) is 7.69. The van der Waals surface area contributed by atoms with Crippen LogP contribution < -0.4 is 0 Å². The van der Waals surface area contributed by atoms with Crippen LogP contribution in [0.2, 0.25) is 0 Å². The molecule has 0 fully saturated rings. The van der Waals surface area contributed by atoms with Gasteiger partial charge in [-0.2, -0.15) is 0 Å². The van der Waals surface area contributed by atoms with Crippen molar-refractivity contribution in [2.75, 3.05) is 13.2 Å². The van der Waals surface area contributed by atoms with Gasteiger partial charge in [0.25, 0.3) is 0 Å². The summed E-state index contributed by atoms with van der Waals surface area (Å²) in [5, 5.41) is 0. The summed E-state index contributed by atoms with van der Waals surface area (Å²) in [4.78, 5) is 12.4. The average molecular weight is 320 g/mol. The summed E-state index contributed by atoms with van der Waals surface area (Å²) < 4.78 is 22.5. The maximum atomic E-state index is 12.4. The van der Waals surface area contributed by atoms with E-state index in [0.717, 1.165) is 24.0 Å². The van der Waals surface area contributed by atoms with Crippen molar-refractivity contribution in [1.29, 1.82) is 0 Å². The summed E-state index contributed by atoms with van der Waals surface area (Å²) in [6.45, 7) is 4.05. The summed E-state index contributed by atoms with van der Waals surface area (Å²) in [6.07, 6.45) is 2.04. The molecule has 118 valence electrons. The molecule has 5 heteroatoms. The van der Waals surface area contributed by atoms with Crippen molar-refractivity contribution in [3.05, 3.63) is 35.4 Å². The minimum absolute atomic E-state index is 0.124. The number of ketones is 1. The SMILES string of the molecule is CCOP(=O)(C#CCC1CCc2ccccc2C1=O)OCC. The highest BCUT2D eigenvalue weighted by Gasteiger charge is 2.26.